The van der Waals surface area contributed by atoms with Crippen molar-refractivity contribution in [3.63, 3.8) is 0 Å². The van der Waals surface area contributed by atoms with Gasteiger partial charge in [-0.05, 0) is 26.0 Å². The van der Waals surface area contributed by atoms with Gasteiger partial charge >= 0.3 is 0 Å². The lowest BCUT2D eigenvalue weighted by Gasteiger charge is -2.29. The molecule has 1 unspecified atom stereocenters. The second-order valence-corrected chi connectivity index (χ2v) is 7.31. The minimum atomic E-state index is -3.11. The summed E-state index contributed by atoms with van der Waals surface area (Å²) in [5.41, 5.74) is -0.455. The normalized spacial score (nSPS) is 12.8. The highest BCUT2D eigenvalue weighted by Crippen LogP contribution is 2.26. The third-order valence-corrected chi connectivity index (χ3v) is 4.79. The molecule has 0 aliphatic rings. The lowest BCUT2D eigenvalue weighted by Crippen LogP contribution is -2.42. The maximum Gasteiger partial charge on any atom is 0.288 e. The van der Waals surface area contributed by atoms with E-state index in [0.717, 1.165) is 19.3 Å². The fourth-order valence-electron chi connectivity index (χ4n) is 2.98. The molecular formula is C23H27F3N4O3. The average molecular weight is 464 g/mol. The quantitative estimate of drug-likeness (QED) is 0.306. The topological polar surface area (TPSA) is 76.9 Å². The van der Waals surface area contributed by atoms with E-state index in [0.29, 0.717) is 6.54 Å². The Morgan fingerprint density at radius 3 is 2.55 bits per heavy atom. The number of carbonyl (C=O) groups is 1. The molecule has 1 aromatic carbocycles. The highest BCUT2D eigenvalue weighted by atomic mass is 19.3. The molecule has 1 aromatic heterocycles. The summed E-state index contributed by atoms with van der Waals surface area (Å²) in [4.78, 5) is 26.1. The number of halogens is 3. The molecule has 0 saturated heterocycles. The van der Waals surface area contributed by atoms with E-state index >= 15 is 0 Å². The minimum absolute atomic E-state index is 0.0137. The molecule has 0 spiro atoms. The van der Waals surface area contributed by atoms with Crippen molar-refractivity contribution in [3.8, 4) is 5.88 Å². The number of nitrogens with zero attached hydrogens (tertiary/aromatic N) is 4. The van der Waals surface area contributed by atoms with E-state index < -0.39 is 29.4 Å². The van der Waals surface area contributed by atoms with Crippen LogP contribution in [0.15, 0.2) is 42.2 Å². The van der Waals surface area contributed by atoms with Gasteiger partial charge < -0.3 is 14.4 Å². The van der Waals surface area contributed by atoms with Crippen LogP contribution in [0.3, 0.4) is 0 Å². The van der Waals surface area contributed by atoms with E-state index in [1.165, 1.54) is 30.1 Å². The zero-order chi connectivity index (χ0) is 24.8. The van der Waals surface area contributed by atoms with Gasteiger partial charge in [0.1, 0.15) is 23.9 Å². The molecular weight excluding hydrogens is 437 g/mol. The largest absolute Gasteiger partial charge is 0.474 e. The van der Waals surface area contributed by atoms with E-state index in [2.05, 4.69) is 21.5 Å². The lowest BCUT2D eigenvalue weighted by molar-refractivity contribution is 0.0121. The third-order valence-electron chi connectivity index (χ3n) is 4.79. The molecule has 0 saturated carbocycles. The number of amides is 1. The summed E-state index contributed by atoms with van der Waals surface area (Å²) in [6, 6.07) is 3.67. The smallest absolute Gasteiger partial charge is 0.288 e. The third kappa shape index (κ3) is 6.53. The number of ether oxygens (including phenoxy) is 2. The highest BCUT2D eigenvalue weighted by Gasteiger charge is 2.28. The number of carbonyl (C=O) groups excluding carboxylic acids is 1. The van der Waals surface area contributed by atoms with E-state index in [-0.39, 0.29) is 35.3 Å². The summed E-state index contributed by atoms with van der Waals surface area (Å²) < 4.78 is 52.1. The van der Waals surface area contributed by atoms with Crippen LogP contribution >= 0.6 is 0 Å². The summed E-state index contributed by atoms with van der Waals surface area (Å²) in [5, 5.41) is 0. The number of hydrogen-bond acceptors (Lipinski definition) is 6. The number of likely N-dealkylation sites (N-methyl/N-ethyl adjacent to an activating group) is 1. The van der Waals surface area contributed by atoms with Gasteiger partial charge in [-0.1, -0.05) is 12.6 Å². The first-order chi connectivity index (χ1) is 15.5. The molecule has 178 valence electrons. The number of alkyl halides is 2. The summed E-state index contributed by atoms with van der Waals surface area (Å²) >= 11 is 0. The summed E-state index contributed by atoms with van der Waals surface area (Å²) in [7, 11) is 1.52. The van der Waals surface area contributed by atoms with Crippen LogP contribution in [0.4, 0.5) is 13.2 Å². The van der Waals surface area contributed by atoms with Gasteiger partial charge in [0.05, 0.1) is 29.6 Å². The van der Waals surface area contributed by atoms with Gasteiger partial charge in [-0.25, -0.2) is 14.4 Å². The molecule has 10 heteroatoms. The monoisotopic (exact) mass is 464 g/mol. The van der Waals surface area contributed by atoms with Crippen LogP contribution in [0.2, 0.25) is 0 Å². The molecule has 0 fully saturated rings. The van der Waals surface area contributed by atoms with Gasteiger partial charge in [0.25, 0.3) is 11.8 Å². The van der Waals surface area contributed by atoms with Crippen molar-refractivity contribution >= 4 is 17.6 Å². The molecule has 0 aliphatic heterocycles. The molecule has 0 aliphatic carbocycles. The van der Waals surface area contributed by atoms with Gasteiger partial charge in [-0.15, -0.1) is 0 Å². The fourth-order valence-corrected chi connectivity index (χ4v) is 2.98. The van der Waals surface area contributed by atoms with Crippen molar-refractivity contribution < 1.29 is 27.4 Å². The Morgan fingerprint density at radius 2 is 2.00 bits per heavy atom. The molecule has 0 N–H and O–H groups in total. The second-order valence-electron chi connectivity index (χ2n) is 7.31. The standard InChI is InChI=1S/C23H27F3N4O3/c1-7-30(14(2)13-32-20-12-28-19(11-29-20)23(5,25)26)22(31)17-9-8-10-18(24)21(17)15(3)33-16(4)27-6/h8-12,14H,3,7,13H2,1-2,4-6H3. The minimum Gasteiger partial charge on any atom is -0.474 e. The molecule has 7 nitrogen and oxygen atoms in total. The first-order valence-electron chi connectivity index (χ1n) is 10.2. The van der Waals surface area contributed by atoms with Gasteiger partial charge in [0.2, 0.25) is 5.88 Å². The molecule has 1 amide bonds. The SMILES string of the molecule is C=C(OC(C)=NC)c1c(F)cccc1C(=O)N(CC)C(C)COc1cnc(C(C)(F)F)cn1. The average Bonchev–Trinajstić information content (AvgIpc) is 2.77. The molecule has 0 radical (unpaired) electrons. The molecule has 1 heterocycles. The van der Waals surface area contributed by atoms with E-state index in [4.69, 9.17) is 9.47 Å². The van der Waals surface area contributed by atoms with Gasteiger partial charge in [0, 0.05) is 27.4 Å². The van der Waals surface area contributed by atoms with Crippen LogP contribution in [-0.4, -0.2) is 52.9 Å². The maximum atomic E-state index is 14.6. The Kier molecular flexibility index (Phi) is 8.56. The summed E-state index contributed by atoms with van der Waals surface area (Å²) in [6.45, 7) is 9.87. The van der Waals surface area contributed by atoms with E-state index in [1.54, 1.807) is 20.8 Å². The Balaban J connectivity index is 2.19. The van der Waals surface area contributed by atoms with Crippen LogP contribution in [0.1, 0.15) is 49.3 Å². The van der Waals surface area contributed by atoms with Gasteiger partial charge in [0.15, 0.2) is 5.90 Å². The molecule has 33 heavy (non-hydrogen) atoms. The van der Waals surface area contributed by atoms with Crippen LogP contribution in [-0.2, 0) is 10.7 Å². The summed E-state index contributed by atoms with van der Waals surface area (Å²) in [6.07, 6.45) is 2.04. The van der Waals surface area contributed by atoms with Crippen molar-refractivity contribution in [2.75, 3.05) is 20.2 Å². The molecule has 2 aromatic rings. The Morgan fingerprint density at radius 1 is 1.30 bits per heavy atom. The second kappa shape index (κ2) is 10.9. The Hall–Kier alpha value is -3.43. The van der Waals surface area contributed by atoms with Crippen molar-refractivity contribution in [1.82, 2.24) is 14.9 Å². The Labute approximate surface area is 191 Å². The van der Waals surface area contributed by atoms with Crippen molar-refractivity contribution in [3.05, 3.63) is 59.8 Å². The first kappa shape index (κ1) is 25.8. The predicted octanol–water partition coefficient (Wildman–Crippen LogP) is 4.69. The van der Waals surface area contributed by atoms with Gasteiger partial charge in [-0.3, -0.25) is 9.79 Å². The van der Waals surface area contributed by atoms with Crippen molar-refractivity contribution in [2.45, 2.75) is 39.7 Å². The molecule has 1 atom stereocenters. The van der Waals surface area contributed by atoms with Crippen LogP contribution < -0.4 is 4.74 Å². The zero-order valence-corrected chi connectivity index (χ0v) is 19.2. The fraction of sp³-hybridized carbons (Fsp3) is 0.391. The highest BCUT2D eigenvalue weighted by molar-refractivity contribution is 5.99. The zero-order valence-electron chi connectivity index (χ0n) is 19.2. The number of benzene rings is 1. The molecule has 2 rings (SSSR count). The predicted molar refractivity (Wildman–Crippen MR) is 119 cm³/mol. The van der Waals surface area contributed by atoms with Crippen molar-refractivity contribution in [2.24, 2.45) is 4.99 Å². The number of aromatic nitrogens is 2. The number of hydrogen-bond donors (Lipinski definition) is 0. The lowest BCUT2D eigenvalue weighted by atomic mass is 10.0. The van der Waals surface area contributed by atoms with Crippen LogP contribution in [0.25, 0.3) is 5.76 Å². The number of rotatable bonds is 9. The van der Waals surface area contributed by atoms with Crippen molar-refractivity contribution in [1.29, 1.82) is 0 Å². The number of aliphatic imine (C=N–C) groups is 1. The van der Waals surface area contributed by atoms with Gasteiger partial charge in [-0.2, -0.15) is 8.78 Å². The maximum absolute atomic E-state index is 14.6. The van der Waals surface area contributed by atoms with E-state index in [9.17, 15) is 18.0 Å². The van der Waals surface area contributed by atoms with Crippen LogP contribution in [0.5, 0.6) is 5.88 Å². The Bertz CT molecular complexity index is 1020. The molecule has 0 bridgehead atoms. The first-order valence-corrected chi connectivity index (χ1v) is 10.2. The van der Waals surface area contributed by atoms with E-state index in [1.807, 2.05) is 0 Å². The summed E-state index contributed by atoms with van der Waals surface area (Å²) in [5.74, 6) is -3.95. The van der Waals surface area contributed by atoms with Crippen LogP contribution in [0, 0.1) is 5.82 Å².